The molecule has 0 spiro atoms. The smallest absolute Gasteiger partial charge is 0.239 e. The van der Waals surface area contributed by atoms with Gasteiger partial charge < -0.3 is 22.5 Å². The van der Waals surface area contributed by atoms with Crippen molar-refractivity contribution in [1.82, 2.24) is 5.32 Å². The zero-order valence-corrected chi connectivity index (χ0v) is 16.2. The third-order valence-electron chi connectivity index (χ3n) is 3.72. The van der Waals surface area contributed by atoms with E-state index < -0.39 is 18.0 Å². The van der Waals surface area contributed by atoms with E-state index in [1.54, 1.807) is 12.1 Å². The van der Waals surface area contributed by atoms with E-state index in [1.807, 2.05) is 48.5 Å². The molecule has 1 unspecified atom stereocenters. The number of nitrogens with one attached hydrogen (secondary N) is 1. The van der Waals surface area contributed by atoms with Crippen LogP contribution in [0.1, 0.15) is 44.0 Å². The summed E-state index contributed by atoms with van der Waals surface area (Å²) in [6, 6.07) is 17.5. The van der Waals surface area contributed by atoms with Gasteiger partial charge in [0, 0.05) is 6.54 Å². The van der Waals surface area contributed by atoms with E-state index in [4.69, 9.17) is 17.2 Å². The Balaban J connectivity index is 0.000000289. The summed E-state index contributed by atoms with van der Waals surface area (Å²) in [5.74, 6) is -0.841. The van der Waals surface area contributed by atoms with Crippen molar-refractivity contribution in [3.63, 3.8) is 0 Å². The van der Waals surface area contributed by atoms with Crippen LogP contribution in [0.2, 0.25) is 0 Å². The average molecular weight is 370 g/mol. The summed E-state index contributed by atoms with van der Waals surface area (Å²) in [5.41, 5.74) is 17.7. The summed E-state index contributed by atoms with van der Waals surface area (Å²) in [4.78, 5) is 22.0. The van der Waals surface area contributed by atoms with Gasteiger partial charge in [0.15, 0.2) is 0 Å². The highest BCUT2D eigenvalue weighted by atomic mass is 16.1. The van der Waals surface area contributed by atoms with E-state index in [0.717, 1.165) is 17.7 Å². The van der Waals surface area contributed by atoms with Gasteiger partial charge in [-0.05, 0) is 16.5 Å². The molecule has 0 saturated heterocycles. The summed E-state index contributed by atoms with van der Waals surface area (Å²) in [5, 5.41) is 3.20. The van der Waals surface area contributed by atoms with Crippen molar-refractivity contribution in [2.45, 2.75) is 32.9 Å². The van der Waals surface area contributed by atoms with Crippen molar-refractivity contribution in [2.75, 3.05) is 6.54 Å². The van der Waals surface area contributed by atoms with Gasteiger partial charge in [-0.25, -0.2) is 0 Å². The fraction of sp³-hybridized carbons (Fsp3) is 0.333. The molecule has 2 amide bonds. The van der Waals surface area contributed by atoms with Crippen molar-refractivity contribution in [3.8, 4) is 0 Å². The van der Waals surface area contributed by atoms with Crippen LogP contribution >= 0.6 is 0 Å². The molecular formula is C21H30N4O2. The molecule has 0 aromatic heterocycles. The first kappa shape index (κ1) is 22.3. The highest BCUT2D eigenvalue weighted by Gasteiger charge is 2.19. The second kappa shape index (κ2) is 10.4. The normalized spacial score (nSPS) is 13.0. The molecule has 0 aliphatic rings. The van der Waals surface area contributed by atoms with Crippen molar-refractivity contribution < 1.29 is 9.59 Å². The number of nitrogens with two attached hydrogens (primary N) is 3. The van der Waals surface area contributed by atoms with Gasteiger partial charge in [-0.1, -0.05) is 81.4 Å². The molecule has 6 heteroatoms. The number of benzene rings is 2. The molecule has 0 saturated carbocycles. The van der Waals surface area contributed by atoms with Gasteiger partial charge in [0.25, 0.3) is 0 Å². The fourth-order valence-corrected chi connectivity index (χ4v) is 2.26. The number of hydrogen-bond acceptors (Lipinski definition) is 4. The minimum Gasteiger partial charge on any atom is -0.368 e. The fourth-order valence-electron chi connectivity index (χ4n) is 2.26. The number of carbonyl (C=O) groups is 2. The number of carbonyl (C=O) groups excluding carboxylic acids is 2. The molecule has 27 heavy (non-hydrogen) atoms. The molecule has 2 rings (SSSR count). The highest BCUT2D eigenvalue weighted by Crippen LogP contribution is 2.16. The van der Waals surface area contributed by atoms with Gasteiger partial charge >= 0.3 is 0 Å². The summed E-state index contributed by atoms with van der Waals surface area (Å²) < 4.78 is 0. The summed E-state index contributed by atoms with van der Waals surface area (Å²) in [6.45, 7) is 7.09. The lowest BCUT2D eigenvalue weighted by Crippen LogP contribution is -2.38. The van der Waals surface area contributed by atoms with Crippen LogP contribution in [-0.4, -0.2) is 18.4 Å². The van der Waals surface area contributed by atoms with E-state index in [1.165, 1.54) is 0 Å². The van der Waals surface area contributed by atoms with Gasteiger partial charge in [0.05, 0.1) is 0 Å². The van der Waals surface area contributed by atoms with Gasteiger partial charge in [-0.2, -0.15) is 0 Å². The Bertz CT molecular complexity index is 712. The van der Waals surface area contributed by atoms with E-state index in [0.29, 0.717) is 0 Å². The molecular weight excluding hydrogens is 340 g/mol. The van der Waals surface area contributed by atoms with Crippen molar-refractivity contribution >= 4 is 11.8 Å². The molecule has 2 atom stereocenters. The lowest BCUT2D eigenvalue weighted by atomic mass is 9.95. The van der Waals surface area contributed by atoms with E-state index in [2.05, 4.69) is 26.1 Å². The Morgan fingerprint density at radius 1 is 0.852 bits per heavy atom. The van der Waals surface area contributed by atoms with Crippen LogP contribution < -0.4 is 22.5 Å². The van der Waals surface area contributed by atoms with Crippen molar-refractivity contribution in [2.24, 2.45) is 22.6 Å². The van der Waals surface area contributed by atoms with Crippen molar-refractivity contribution in [1.29, 1.82) is 0 Å². The van der Waals surface area contributed by atoms with Gasteiger partial charge in [0.1, 0.15) is 12.1 Å². The van der Waals surface area contributed by atoms with Gasteiger partial charge in [0.2, 0.25) is 11.8 Å². The number of primary amides is 2. The minimum absolute atomic E-state index is 0.127. The Kier molecular flexibility index (Phi) is 8.65. The zero-order valence-electron chi connectivity index (χ0n) is 16.2. The Morgan fingerprint density at radius 3 is 1.67 bits per heavy atom. The number of rotatable bonds is 6. The van der Waals surface area contributed by atoms with Crippen LogP contribution in [0.15, 0.2) is 60.7 Å². The molecule has 0 bridgehead atoms. The molecule has 0 fully saturated rings. The third-order valence-corrected chi connectivity index (χ3v) is 3.72. The molecule has 0 heterocycles. The number of hydrogen-bond donors (Lipinski definition) is 4. The SMILES string of the molecule is CC(C)(C)CN[C@@H](C(N)=O)c1ccccc1.NC(=O)C(N)c1ccccc1. The van der Waals surface area contributed by atoms with Crippen molar-refractivity contribution in [3.05, 3.63) is 71.8 Å². The van der Waals surface area contributed by atoms with E-state index in [-0.39, 0.29) is 11.3 Å². The molecule has 0 aliphatic carbocycles. The quantitative estimate of drug-likeness (QED) is 0.621. The van der Waals surface area contributed by atoms with Crippen LogP contribution in [-0.2, 0) is 9.59 Å². The Hall–Kier alpha value is -2.70. The molecule has 2 aromatic carbocycles. The molecule has 2 aromatic rings. The van der Waals surface area contributed by atoms with Gasteiger partial charge in [-0.3, -0.25) is 9.59 Å². The van der Waals surface area contributed by atoms with Crippen LogP contribution in [0.5, 0.6) is 0 Å². The van der Waals surface area contributed by atoms with E-state index in [9.17, 15) is 9.59 Å². The van der Waals surface area contributed by atoms with Crippen LogP contribution in [0.3, 0.4) is 0 Å². The maximum Gasteiger partial charge on any atom is 0.239 e. The molecule has 6 nitrogen and oxygen atoms in total. The molecule has 0 radical (unpaired) electrons. The van der Waals surface area contributed by atoms with Gasteiger partial charge in [-0.15, -0.1) is 0 Å². The van der Waals surface area contributed by atoms with E-state index >= 15 is 0 Å². The molecule has 146 valence electrons. The lowest BCUT2D eigenvalue weighted by Gasteiger charge is -2.23. The standard InChI is InChI=1S/C13H20N2O.C8H10N2O/c1-13(2,3)9-15-11(12(14)16)10-7-5-4-6-8-10;9-7(8(10)11)6-4-2-1-3-5-6/h4-8,11,15H,9H2,1-3H3,(H2,14,16);1-5,7H,9H2,(H2,10,11)/t11-;/m1./s1. The monoisotopic (exact) mass is 370 g/mol. The van der Waals surface area contributed by atoms with Crippen LogP contribution in [0.25, 0.3) is 0 Å². The molecule has 0 aliphatic heterocycles. The highest BCUT2D eigenvalue weighted by molar-refractivity contribution is 5.81. The third kappa shape index (κ3) is 8.48. The summed E-state index contributed by atoms with van der Waals surface area (Å²) in [6.07, 6.45) is 0. The molecule has 7 N–H and O–H groups in total. The average Bonchev–Trinajstić information content (AvgIpc) is 2.62. The topological polar surface area (TPSA) is 124 Å². The number of amides is 2. The van der Waals surface area contributed by atoms with Crippen LogP contribution in [0.4, 0.5) is 0 Å². The van der Waals surface area contributed by atoms with Crippen LogP contribution in [0, 0.1) is 5.41 Å². The largest absolute Gasteiger partial charge is 0.368 e. The second-order valence-electron chi connectivity index (χ2n) is 7.48. The lowest BCUT2D eigenvalue weighted by molar-refractivity contribution is -0.120. The maximum absolute atomic E-state index is 11.4. The predicted molar refractivity (Wildman–Crippen MR) is 108 cm³/mol. The zero-order chi connectivity index (χ0) is 20.4. The minimum atomic E-state index is -0.684. The Labute approximate surface area is 161 Å². The second-order valence-corrected chi connectivity index (χ2v) is 7.48. The first-order valence-electron chi connectivity index (χ1n) is 8.79. The maximum atomic E-state index is 11.4. The Morgan fingerprint density at radius 2 is 1.30 bits per heavy atom. The first-order valence-corrected chi connectivity index (χ1v) is 8.79. The summed E-state index contributed by atoms with van der Waals surface area (Å²) >= 11 is 0. The summed E-state index contributed by atoms with van der Waals surface area (Å²) in [7, 11) is 0. The first-order chi connectivity index (χ1) is 12.6. The predicted octanol–water partition coefficient (Wildman–Crippen LogP) is 2.02.